The van der Waals surface area contributed by atoms with Gasteiger partial charge in [0.05, 0.1) is 12.1 Å². The van der Waals surface area contributed by atoms with Crippen LogP contribution in [-0.2, 0) is 16.1 Å². The third kappa shape index (κ3) is 8.34. The van der Waals surface area contributed by atoms with E-state index in [2.05, 4.69) is 20.9 Å². The predicted molar refractivity (Wildman–Crippen MR) is 126 cm³/mol. The van der Waals surface area contributed by atoms with Crippen molar-refractivity contribution in [2.45, 2.75) is 58.6 Å². The van der Waals surface area contributed by atoms with Gasteiger partial charge in [-0.25, -0.2) is 4.99 Å². The first kappa shape index (κ1) is 24.7. The summed E-state index contributed by atoms with van der Waals surface area (Å²) in [4.78, 5) is 17.0. The van der Waals surface area contributed by atoms with Crippen molar-refractivity contribution in [3.05, 3.63) is 29.8 Å². The highest BCUT2D eigenvalue weighted by Gasteiger charge is 2.22. The summed E-state index contributed by atoms with van der Waals surface area (Å²) in [6, 6.07) is 7.92. The number of aliphatic imine (C=N–C) groups is 1. The molecular formula is C21H35IN4O2. The van der Waals surface area contributed by atoms with E-state index in [0.717, 1.165) is 49.4 Å². The molecule has 1 aromatic rings. The van der Waals surface area contributed by atoms with Crippen LogP contribution in [0, 0.1) is 5.92 Å². The summed E-state index contributed by atoms with van der Waals surface area (Å²) >= 11 is 0. The number of nitrogens with zero attached hydrogens (tertiary/aromatic N) is 1. The van der Waals surface area contributed by atoms with Gasteiger partial charge in [-0.3, -0.25) is 4.79 Å². The second-order valence-corrected chi connectivity index (χ2v) is 7.68. The number of hydrogen-bond donors (Lipinski definition) is 3. The predicted octanol–water partition coefficient (Wildman–Crippen LogP) is 3.91. The summed E-state index contributed by atoms with van der Waals surface area (Å²) in [5.74, 6) is 1.06. The van der Waals surface area contributed by atoms with Gasteiger partial charge in [-0.15, -0.1) is 24.0 Å². The Kier molecular flexibility index (Phi) is 10.8. The van der Waals surface area contributed by atoms with Crippen molar-refractivity contribution < 1.29 is 9.53 Å². The lowest BCUT2D eigenvalue weighted by Gasteiger charge is -2.24. The molecule has 7 heteroatoms. The molecule has 0 heterocycles. The lowest BCUT2D eigenvalue weighted by molar-refractivity contribution is -0.119. The van der Waals surface area contributed by atoms with Crippen molar-refractivity contribution in [2.24, 2.45) is 10.9 Å². The second-order valence-electron chi connectivity index (χ2n) is 7.68. The third-order valence-electron chi connectivity index (χ3n) is 4.92. The molecule has 28 heavy (non-hydrogen) atoms. The molecule has 0 radical (unpaired) electrons. The van der Waals surface area contributed by atoms with E-state index in [9.17, 15) is 4.79 Å². The van der Waals surface area contributed by atoms with E-state index in [1.807, 2.05) is 45.0 Å². The van der Waals surface area contributed by atoms with Gasteiger partial charge in [0.1, 0.15) is 0 Å². The number of nitrogens with one attached hydrogen (secondary N) is 3. The number of guanidine groups is 1. The molecule has 0 bridgehead atoms. The summed E-state index contributed by atoms with van der Waals surface area (Å²) < 4.78 is 5.44. The number of carbonyl (C=O) groups is 1. The van der Waals surface area contributed by atoms with Crippen molar-refractivity contribution in [3.63, 3.8) is 0 Å². The summed E-state index contributed by atoms with van der Waals surface area (Å²) in [6.45, 7) is 8.08. The first-order valence-corrected chi connectivity index (χ1v) is 9.90. The molecule has 2 rings (SSSR count). The summed E-state index contributed by atoms with van der Waals surface area (Å²) in [5.41, 5.74) is 1.64. The van der Waals surface area contributed by atoms with Crippen molar-refractivity contribution in [1.29, 1.82) is 0 Å². The molecule has 0 aliphatic heterocycles. The SMILES string of the molecule is CCNC(=NCc1cccc(NC(=O)C2CCCC2)c1)NCC(C)(C)OC.I. The van der Waals surface area contributed by atoms with Crippen LogP contribution in [0.2, 0.25) is 0 Å². The molecule has 1 aliphatic rings. The maximum atomic E-state index is 12.3. The molecule has 0 unspecified atom stereocenters. The average Bonchev–Trinajstić information content (AvgIpc) is 3.19. The van der Waals surface area contributed by atoms with Gasteiger partial charge in [-0.2, -0.15) is 0 Å². The van der Waals surface area contributed by atoms with E-state index in [1.165, 1.54) is 0 Å². The Morgan fingerprint density at radius 3 is 2.61 bits per heavy atom. The van der Waals surface area contributed by atoms with E-state index < -0.39 is 0 Å². The van der Waals surface area contributed by atoms with Crippen LogP contribution in [0.5, 0.6) is 0 Å². The van der Waals surface area contributed by atoms with Crippen LogP contribution in [0.4, 0.5) is 5.69 Å². The fourth-order valence-electron chi connectivity index (χ4n) is 3.06. The summed E-state index contributed by atoms with van der Waals surface area (Å²) in [7, 11) is 1.71. The largest absolute Gasteiger partial charge is 0.377 e. The van der Waals surface area contributed by atoms with Gasteiger partial charge in [0.2, 0.25) is 5.91 Å². The molecule has 158 valence electrons. The van der Waals surface area contributed by atoms with Crippen LogP contribution in [0.25, 0.3) is 0 Å². The van der Waals surface area contributed by atoms with Crippen LogP contribution >= 0.6 is 24.0 Å². The highest BCUT2D eigenvalue weighted by atomic mass is 127. The highest BCUT2D eigenvalue weighted by Crippen LogP contribution is 2.26. The summed E-state index contributed by atoms with van der Waals surface area (Å²) in [6.07, 6.45) is 4.33. The van der Waals surface area contributed by atoms with Crippen LogP contribution in [0.15, 0.2) is 29.3 Å². The van der Waals surface area contributed by atoms with Crippen LogP contribution in [0.1, 0.15) is 52.0 Å². The third-order valence-corrected chi connectivity index (χ3v) is 4.92. The minimum Gasteiger partial charge on any atom is -0.377 e. The van der Waals surface area contributed by atoms with Gasteiger partial charge in [-0.1, -0.05) is 25.0 Å². The zero-order chi connectivity index (χ0) is 19.7. The molecule has 1 aromatic carbocycles. The number of rotatable bonds is 8. The number of methoxy groups -OCH3 is 1. The van der Waals surface area contributed by atoms with E-state index >= 15 is 0 Å². The van der Waals surface area contributed by atoms with E-state index in [0.29, 0.717) is 13.1 Å². The fraction of sp³-hybridized carbons (Fsp3) is 0.619. The molecule has 1 amide bonds. The van der Waals surface area contributed by atoms with Gasteiger partial charge >= 0.3 is 0 Å². The number of anilines is 1. The molecule has 1 aliphatic carbocycles. The molecule has 1 fully saturated rings. The van der Waals surface area contributed by atoms with Crippen LogP contribution in [-0.4, -0.2) is 37.7 Å². The van der Waals surface area contributed by atoms with Crippen LogP contribution < -0.4 is 16.0 Å². The second kappa shape index (κ2) is 12.3. The highest BCUT2D eigenvalue weighted by molar-refractivity contribution is 14.0. The first-order valence-electron chi connectivity index (χ1n) is 9.90. The number of carbonyl (C=O) groups excluding carboxylic acids is 1. The molecule has 6 nitrogen and oxygen atoms in total. The Bertz CT molecular complexity index is 643. The van der Waals surface area contributed by atoms with Gasteiger partial charge in [-0.05, 0) is 51.3 Å². The van der Waals surface area contributed by atoms with Crippen molar-refractivity contribution in [3.8, 4) is 0 Å². The number of benzene rings is 1. The van der Waals surface area contributed by atoms with Crippen molar-refractivity contribution in [1.82, 2.24) is 10.6 Å². The maximum Gasteiger partial charge on any atom is 0.227 e. The number of hydrogen-bond acceptors (Lipinski definition) is 3. The topological polar surface area (TPSA) is 74.8 Å². The fourth-order valence-corrected chi connectivity index (χ4v) is 3.06. The van der Waals surface area contributed by atoms with Crippen LogP contribution in [0.3, 0.4) is 0 Å². The Morgan fingerprint density at radius 2 is 1.96 bits per heavy atom. The minimum atomic E-state index is -0.263. The lowest BCUT2D eigenvalue weighted by atomic mass is 10.1. The van der Waals surface area contributed by atoms with Crippen molar-refractivity contribution in [2.75, 3.05) is 25.5 Å². The quantitative estimate of drug-likeness (QED) is 0.286. The molecule has 0 spiro atoms. The maximum absolute atomic E-state index is 12.3. The Labute approximate surface area is 186 Å². The Morgan fingerprint density at radius 1 is 1.25 bits per heavy atom. The molecule has 0 atom stereocenters. The monoisotopic (exact) mass is 502 g/mol. The molecule has 0 aromatic heterocycles. The van der Waals surface area contributed by atoms with Crippen molar-refractivity contribution >= 4 is 41.5 Å². The number of ether oxygens (including phenoxy) is 1. The standard InChI is InChI=1S/C21H34N4O2.HI/c1-5-22-20(24-15-21(2,3)27-4)23-14-16-9-8-12-18(13-16)25-19(26)17-10-6-7-11-17;/h8-9,12-13,17H,5-7,10-11,14-15H2,1-4H3,(H,25,26)(H2,22,23,24);1H. The normalized spacial score (nSPS) is 15.1. The molecule has 3 N–H and O–H groups in total. The molecule has 1 saturated carbocycles. The smallest absolute Gasteiger partial charge is 0.227 e. The Hall–Kier alpha value is -1.35. The number of amides is 1. The average molecular weight is 502 g/mol. The minimum absolute atomic E-state index is 0. The van der Waals surface area contributed by atoms with Gasteiger partial charge in [0.15, 0.2) is 5.96 Å². The zero-order valence-electron chi connectivity index (χ0n) is 17.5. The lowest BCUT2D eigenvalue weighted by Crippen LogP contribution is -2.45. The zero-order valence-corrected chi connectivity index (χ0v) is 19.8. The first-order chi connectivity index (χ1) is 12.9. The Balaban J connectivity index is 0.00000392. The van der Waals surface area contributed by atoms with Gasteiger partial charge < -0.3 is 20.7 Å². The number of halogens is 1. The summed E-state index contributed by atoms with van der Waals surface area (Å²) in [5, 5.41) is 9.61. The van der Waals surface area contributed by atoms with E-state index in [-0.39, 0.29) is 41.4 Å². The van der Waals surface area contributed by atoms with Gasteiger partial charge in [0, 0.05) is 31.8 Å². The van der Waals surface area contributed by atoms with Gasteiger partial charge in [0.25, 0.3) is 0 Å². The molecule has 0 saturated heterocycles. The molecular weight excluding hydrogens is 467 g/mol. The van der Waals surface area contributed by atoms with E-state index in [4.69, 9.17) is 4.74 Å². The van der Waals surface area contributed by atoms with E-state index in [1.54, 1.807) is 7.11 Å².